The second-order valence-corrected chi connectivity index (χ2v) is 9.02. The minimum absolute atomic E-state index is 0.0639. The van der Waals surface area contributed by atoms with Crippen molar-refractivity contribution in [2.45, 2.75) is 45.6 Å². The fourth-order valence-electron chi connectivity index (χ4n) is 4.37. The van der Waals surface area contributed by atoms with Crippen molar-refractivity contribution in [1.82, 2.24) is 24.5 Å². The number of ether oxygens (including phenoxy) is 1. The SMILES string of the molecule is Cc1cc([C@@H]2C[C@H](c3nc4nc(C)c(C)nc4n(-c4ccc(Cl)cc4F)c3=O)CCO2)ccn1. The van der Waals surface area contributed by atoms with Gasteiger partial charge in [-0.25, -0.2) is 19.3 Å². The average Bonchev–Trinajstić information content (AvgIpc) is 2.81. The number of hydrogen-bond donors (Lipinski definition) is 0. The van der Waals surface area contributed by atoms with E-state index < -0.39 is 11.4 Å². The predicted molar refractivity (Wildman–Crippen MR) is 127 cm³/mol. The van der Waals surface area contributed by atoms with Crippen LogP contribution in [0.25, 0.3) is 17.0 Å². The van der Waals surface area contributed by atoms with Gasteiger partial charge in [0.25, 0.3) is 5.56 Å². The monoisotopic (exact) mass is 479 g/mol. The highest BCUT2D eigenvalue weighted by Crippen LogP contribution is 2.36. The lowest BCUT2D eigenvalue weighted by atomic mass is 9.89. The molecule has 1 fully saturated rings. The number of nitrogens with zero attached hydrogens (tertiary/aromatic N) is 5. The van der Waals surface area contributed by atoms with E-state index in [1.165, 1.54) is 16.7 Å². The molecule has 1 aliphatic rings. The molecule has 0 unspecified atom stereocenters. The molecule has 34 heavy (non-hydrogen) atoms. The van der Waals surface area contributed by atoms with Crippen LogP contribution >= 0.6 is 11.6 Å². The normalized spacial score (nSPS) is 18.4. The van der Waals surface area contributed by atoms with Gasteiger partial charge >= 0.3 is 0 Å². The Morgan fingerprint density at radius 2 is 1.88 bits per heavy atom. The number of aryl methyl sites for hydroxylation is 3. The van der Waals surface area contributed by atoms with Crippen LogP contribution in [0.1, 0.15) is 53.2 Å². The molecule has 5 rings (SSSR count). The van der Waals surface area contributed by atoms with Gasteiger partial charge in [0.15, 0.2) is 11.3 Å². The van der Waals surface area contributed by atoms with Crippen molar-refractivity contribution in [3.63, 3.8) is 0 Å². The maximum absolute atomic E-state index is 15.0. The third-order valence-corrected chi connectivity index (χ3v) is 6.48. The van der Waals surface area contributed by atoms with E-state index in [9.17, 15) is 9.18 Å². The lowest BCUT2D eigenvalue weighted by Crippen LogP contribution is -2.31. The average molecular weight is 480 g/mol. The zero-order valence-corrected chi connectivity index (χ0v) is 19.8. The molecule has 4 heterocycles. The highest BCUT2D eigenvalue weighted by Gasteiger charge is 2.30. The molecule has 174 valence electrons. The van der Waals surface area contributed by atoms with Crippen LogP contribution in [0.5, 0.6) is 0 Å². The highest BCUT2D eigenvalue weighted by atomic mass is 35.5. The maximum atomic E-state index is 15.0. The molecule has 9 heteroatoms. The van der Waals surface area contributed by atoms with Crippen molar-refractivity contribution in [1.29, 1.82) is 0 Å². The number of aromatic nitrogens is 5. The summed E-state index contributed by atoms with van der Waals surface area (Å²) in [7, 11) is 0. The molecular weight excluding hydrogens is 457 g/mol. The van der Waals surface area contributed by atoms with E-state index in [1.54, 1.807) is 19.2 Å². The summed E-state index contributed by atoms with van der Waals surface area (Å²) in [5, 5.41) is 0.242. The van der Waals surface area contributed by atoms with Gasteiger partial charge in [-0.15, -0.1) is 0 Å². The summed E-state index contributed by atoms with van der Waals surface area (Å²) < 4.78 is 22.3. The van der Waals surface area contributed by atoms with E-state index in [0.717, 1.165) is 11.3 Å². The van der Waals surface area contributed by atoms with Crippen LogP contribution in [0, 0.1) is 26.6 Å². The Morgan fingerprint density at radius 1 is 1.09 bits per heavy atom. The molecule has 4 aromatic rings. The minimum atomic E-state index is -0.620. The van der Waals surface area contributed by atoms with Crippen molar-refractivity contribution < 1.29 is 9.13 Å². The van der Waals surface area contributed by atoms with Gasteiger partial charge in [-0.3, -0.25) is 14.3 Å². The fraction of sp³-hybridized carbons (Fsp3) is 0.320. The Kier molecular flexibility index (Phi) is 5.87. The van der Waals surface area contributed by atoms with Crippen molar-refractivity contribution >= 4 is 22.9 Å². The first-order valence-electron chi connectivity index (χ1n) is 11.1. The second kappa shape index (κ2) is 8.85. The number of pyridine rings is 1. The first-order chi connectivity index (χ1) is 16.3. The van der Waals surface area contributed by atoms with Crippen molar-refractivity contribution in [2.75, 3.05) is 6.61 Å². The first-order valence-corrected chi connectivity index (χ1v) is 11.5. The molecule has 1 aromatic carbocycles. The Balaban J connectivity index is 1.68. The molecule has 0 spiro atoms. The van der Waals surface area contributed by atoms with Gasteiger partial charge in [0.05, 0.1) is 23.2 Å². The van der Waals surface area contributed by atoms with Crippen LogP contribution in [0.15, 0.2) is 41.3 Å². The van der Waals surface area contributed by atoms with E-state index in [-0.39, 0.29) is 28.4 Å². The van der Waals surface area contributed by atoms with Gasteiger partial charge in [-0.2, -0.15) is 0 Å². The van der Waals surface area contributed by atoms with Crippen LogP contribution in [0.2, 0.25) is 5.02 Å². The topological polar surface area (TPSA) is 82.8 Å². The van der Waals surface area contributed by atoms with Crippen LogP contribution in [-0.2, 0) is 4.74 Å². The second-order valence-electron chi connectivity index (χ2n) is 8.59. The van der Waals surface area contributed by atoms with Crippen molar-refractivity contribution in [2.24, 2.45) is 0 Å². The summed E-state index contributed by atoms with van der Waals surface area (Å²) in [6.45, 7) is 6.03. The van der Waals surface area contributed by atoms with Gasteiger partial charge in [0, 0.05) is 29.4 Å². The molecule has 1 aliphatic heterocycles. The molecule has 2 atom stereocenters. The molecule has 0 saturated carbocycles. The van der Waals surface area contributed by atoms with Crippen LogP contribution in [0.4, 0.5) is 4.39 Å². The first kappa shape index (κ1) is 22.6. The van der Waals surface area contributed by atoms with E-state index in [1.807, 2.05) is 26.0 Å². The van der Waals surface area contributed by atoms with E-state index >= 15 is 0 Å². The molecule has 1 saturated heterocycles. The molecule has 0 bridgehead atoms. The van der Waals surface area contributed by atoms with Crippen LogP contribution in [-0.4, -0.2) is 31.1 Å². The van der Waals surface area contributed by atoms with Gasteiger partial charge in [0.1, 0.15) is 11.5 Å². The Hall–Kier alpha value is -3.23. The minimum Gasteiger partial charge on any atom is -0.373 e. The highest BCUT2D eigenvalue weighted by molar-refractivity contribution is 6.30. The molecule has 0 aliphatic carbocycles. The van der Waals surface area contributed by atoms with Gasteiger partial charge in [-0.05, 0) is 69.5 Å². The summed E-state index contributed by atoms with van der Waals surface area (Å²) in [6.07, 6.45) is 2.75. The van der Waals surface area contributed by atoms with Crippen molar-refractivity contribution in [3.8, 4) is 5.69 Å². The summed E-state index contributed by atoms with van der Waals surface area (Å²) in [6, 6.07) is 8.11. The molecule has 0 amide bonds. The number of rotatable bonds is 3. The fourth-order valence-corrected chi connectivity index (χ4v) is 4.53. The summed E-state index contributed by atoms with van der Waals surface area (Å²) in [5.41, 5.74) is 3.74. The molecule has 0 N–H and O–H groups in total. The number of benzene rings is 1. The lowest BCUT2D eigenvalue weighted by molar-refractivity contribution is 0.00435. The van der Waals surface area contributed by atoms with Crippen molar-refractivity contribution in [3.05, 3.63) is 86.1 Å². The van der Waals surface area contributed by atoms with Gasteiger partial charge in [-0.1, -0.05) is 11.6 Å². The Morgan fingerprint density at radius 3 is 2.65 bits per heavy atom. The predicted octanol–water partition coefficient (Wildman–Crippen LogP) is 4.92. The van der Waals surface area contributed by atoms with Crippen LogP contribution in [0.3, 0.4) is 0 Å². The molecule has 0 radical (unpaired) electrons. The van der Waals surface area contributed by atoms with Gasteiger partial charge in [0.2, 0.25) is 0 Å². The van der Waals surface area contributed by atoms with E-state index in [4.69, 9.17) is 16.3 Å². The zero-order chi connectivity index (χ0) is 24.0. The smallest absolute Gasteiger partial charge is 0.278 e. The van der Waals surface area contributed by atoms with E-state index in [2.05, 4.69) is 19.9 Å². The maximum Gasteiger partial charge on any atom is 0.278 e. The van der Waals surface area contributed by atoms with E-state index in [0.29, 0.717) is 42.2 Å². The number of fused-ring (bicyclic) bond motifs is 1. The number of halogens is 2. The molecule has 7 nitrogen and oxygen atoms in total. The Bertz CT molecular complexity index is 1470. The summed E-state index contributed by atoms with van der Waals surface area (Å²) in [4.78, 5) is 31.8. The summed E-state index contributed by atoms with van der Waals surface area (Å²) in [5.74, 6) is -0.806. The Labute approximate surface area is 200 Å². The number of hydrogen-bond acceptors (Lipinski definition) is 6. The quantitative estimate of drug-likeness (QED) is 0.414. The zero-order valence-electron chi connectivity index (χ0n) is 19.0. The standard InChI is InChI=1S/C25H23ClFN5O2/c1-13-10-16(6-8-28-13)21-11-17(7-9-34-21)22-25(33)32(20-5-4-18(26)12-19(20)27)24-23(31-22)29-14(2)15(3)30-24/h4-6,8,10,12,17,21H,7,9,11H2,1-3H3/t17-,21+/m1/s1. The third kappa shape index (κ3) is 4.08. The van der Waals surface area contributed by atoms with Gasteiger partial charge < -0.3 is 4.74 Å². The lowest BCUT2D eigenvalue weighted by Gasteiger charge is -2.29. The molecular formula is C25H23ClFN5O2. The third-order valence-electron chi connectivity index (χ3n) is 6.24. The largest absolute Gasteiger partial charge is 0.373 e. The van der Waals surface area contributed by atoms with Crippen LogP contribution < -0.4 is 5.56 Å². The molecule has 3 aromatic heterocycles. The summed E-state index contributed by atoms with van der Waals surface area (Å²) >= 11 is 5.96.